The van der Waals surface area contributed by atoms with Crippen molar-refractivity contribution in [3.8, 4) is 0 Å². The zero-order chi connectivity index (χ0) is 11.5. The molecule has 1 atom stereocenters. The molecule has 0 radical (unpaired) electrons. The van der Waals surface area contributed by atoms with Gasteiger partial charge in [0.05, 0.1) is 0 Å². The zero-order valence-corrected chi connectivity index (χ0v) is 9.03. The van der Waals surface area contributed by atoms with Gasteiger partial charge in [0.1, 0.15) is 5.82 Å². The molecule has 1 saturated heterocycles. The van der Waals surface area contributed by atoms with Crippen molar-refractivity contribution in [2.45, 2.75) is 13.0 Å². The van der Waals surface area contributed by atoms with Gasteiger partial charge in [-0.25, -0.2) is 4.39 Å². The molecule has 1 heterocycles. The number of nitrogens with zero attached hydrogens (tertiary/aromatic N) is 1. The Bertz CT molecular complexity index is 394. The van der Waals surface area contributed by atoms with Gasteiger partial charge < -0.3 is 10.6 Å². The lowest BCUT2D eigenvalue weighted by Gasteiger charge is -2.16. The molecule has 16 heavy (non-hydrogen) atoms. The van der Waals surface area contributed by atoms with Crippen LogP contribution in [-0.2, 0) is 11.3 Å². The quantitative estimate of drug-likeness (QED) is 0.833. The van der Waals surface area contributed by atoms with Crippen molar-refractivity contribution in [2.75, 3.05) is 13.1 Å². The number of carbonyl (C=O) groups is 1. The van der Waals surface area contributed by atoms with Crippen molar-refractivity contribution in [3.05, 3.63) is 35.6 Å². The number of nitrogens with two attached hydrogens (primary N) is 1. The van der Waals surface area contributed by atoms with E-state index in [1.807, 2.05) is 0 Å². The molecular formula is C12H15FN2O. The van der Waals surface area contributed by atoms with Crippen LogP contribution in [-0.4, -0.2) is 23.9 Å². The summed E-state index contributed by atoms with van der Waals surface area (Å²) in [6.07, 6.45) is 0.491. The molecule has 1 aromatic rings. The summed E-state index contributed by atoms with van der Waals surface area (Å²) >= 11 is 0. The van der Waals surface area contributed by atoms with Crippen molar-refractivity contribution >= 4 is 5.91 Å². The van der Waals surface area contributed by atoms with Crippen LogP contribution in [0.5, 0.6) is 0 Å². The van der Waals surface area contributed by atoms with Crippen LogP contribution in [0, 0.1) is 11.7 Å². The van der Waals surface area contributed by atoms with Gasteiger partial charge in [-0.2, -0.15) is 0 Å². The largest absolute Gasteiger partial charge is 0.338 e. The fourth-order valence-electron chi connectivity index (χ4n) is 2.00. The highest BCUT2D eigenvalue weighted by atomic mass is 19.1. The molecule has 1 aliphatic rings. The van der Waals surface area contributed by atoms with E-state index in [4.69, 9.17) is 5.73 Å². The van der Waals surface area contributed by atoms with Crippen LogP contribution in [0.15, 0.2) is 24.3 Å². The Morgan fingerprint density at radius 2 is 2.19 bits per heavy atom. The van der Waals surface area contributed by atoms with E-state index in [1.165, 1.54) is 6.07 Å². The van der Waals surface area contributed by atoms with Gasteiger partial charge in [0.25, 0.3) is 0 Å². The molecule has 3 nitrogen and oxygen atoms in total. The molecule has 2 rings (SSSR count). The Hall–Kier alpha value is -1.42. The third kappa shape index (κ3) is 2.22. The summed E-state index contributed by atoms with van der Waals surface area (Å²) in [7, 11) is 0. The monoisotopic (exact) mass is 222 g/mol. The number of halogens is 1. The summed E-state index contributed by atoms with van der Waals surface area (Å²) in [4.78, 5) is 13.3. The number of rotatable bonds is 3. The van der Waals surface area contributed by atoms with E-state index >= 15 is 0 Å². The predicted molar refractivity (Wildman–Crippen MR) is 59.0 cm³/mol. The minimum atomic E-state index is -0.258. The first-order valence-corrected chi connectivity index (χ1v) is 5.42. The lowest BCUT2D eigenvalue weighted by Crippen LogP contribution is -2.26. The summed E-state index contributed by atoms with van der Waals surface area (Å²) in [5.41, 5.74) is 6.09. The van der Waals surface area contributed by atoms with Gasteiger partial charge in [0.15, 0.2) is 0 Å². The van der Waals surface area contributed by atoms with E-state index in [1.54, 1.807) is 23.1 Å². The summed E-state index contributed by atoms with van der Waals surface area (Å²) in [5.74, 6) is 0.0319. The molecule has 86 valence electrons. The zero-order valence-electron chi connectivity index (χ0n) is 9.03. The van der Waals surface area contributed by atoms with Gasteiger partial charge in [-0.05, 0) is 18.5 Å². The Morgan fingerprint density at radius 1 is 1.44 bits per heavy atom. The maximum Gasteiger partial charge on any atom is 0.223 e. The molecule has 2 N–H and O–H groups in total. The van der Waals surface area contributed by atoms with Crippen LogP contribution in [0.1, 0.15) is 12.0 Å². The third-order valence-electron chi connectivity index (χ3n) is 2.95. The fraction of sp³-hybridized carbons (Fsp3) is 0.417. The standard InChI is InChI=1S/C12H15FN2O/c13-11-4-2-1-3-10(11)8-15-7-9(6-14)5-12(15)16/h1-4,9H,5-8,14H2. The molecule has 0 saturated carbocycles. The highest BCUT2D eigenvalue weighted by molar-refractivity contribution is 5.78. The number of hydrogen-bond donors (Lipinski definition) is 1. The molecule has 1 aromatic carbocycles. The lowest BCUT2D eigenvalue weighted by molar-refractivity contribution is -0.128. The highest BCUT2D eigenvalue weighted by Gasteiger charge is 2.28. The maximum atomic E-state index is 13.4. The number of amides is 1. The molecule has 4 heteroatoms. The van der Waals surface area contributed by atoms with Crippen LogP contribution in [0.2, 0.25) is 0 Å². The SMILES string of the molecule is NCC1CC(=O)N(Cc2ccccc2F)C1. The van der Waals surface area contributed by atoms with E-state index in [9.17, 15) is 9.18 Å². The van der Waals surface area contributed by atoms with Crippen molar-refractivity contribution in [1.29, 1.82) is 0 Å². The minimum absolute atomic E-state index is 0.0682. The molecular weight excluding hydrogens is 207 g/mol. The van der Waals surface area contributed by atoms with Crippen molar-refractivity contribution in [2.24, 2.45) is 11.7 Å². The summed E-state index contributed by atoms with van der Waals surface area (Å²) in [6.45, 7) is 1.51. The average molecular weight is 222 g/mol. The molecule has 1 aliphatic heterocycles. The van der Waals surface area contributed by atoms with E-state index in [0.29, 0.717) is 31.6 Å². The van der Waals surface area contributed by atoms with Gasteiger partial charge in [0.2, 0.25) is 5.91 Å². The van der Waals surface area contributed by atoms with E-state index < -0.39 is 0 Å². The summed E-state index contributed by atoms with van der Waals surface area (Å²) < 4.78 is 13.4. The lowest BCUT2D eigenvalue weighted by atomic mass is 10.1. The third-order valence-corrected chi connectivity index (χ3v) is 2.95. The average Bonchev–Trinajstić information content (AvgIpc) is 2.63. The molecule has 1 unspecified atom stereocenters. The first kappa shape index (κ1) is 11.1. The first-order chi connectivity index (χ1) is 7.70. The van der Waals surface area contributed by atoms with E-state index in [2.05, 4.69) is 0 Å². The number of benzene rings is 1. The smallest absolute Gasteiger partial charge is 0.223 e. The summed E-state index contributed by atoms with van der Waals surface area (Å²) in [5, 5.41) is 0. The summed E-state index contributed by atoms with van der Waals surface area (Å²) in [6, 6.07) is 6.54. The molecule has 1 fully saturated rings. The van der Waals surface area contributed by atoms with Crippen molar-refractivity contribution < 1.29 is 9.18 Å². The first-order valence-electron chi connectivity index (χ1n) is 5.42. The van der Waals surface area contributed by atoms with Crippen molar-refractivity contribution in [1.82, 2.24) is 4.90 Å². The minimum Gasteiger partial charge on any atom is -0.338 e. The molecule has 0 aliphatic carbocycles. The topological polar surface area (TPSA) is 46.3 Å². The van der Waals surface area contributed by atoms with Crippen LogP contribution in [0.25, 0.3) is 0 Å². The molecule has 0 aromatic heterocycles. The van der Waals surface area contributed by atoms with E-state index in [0.717, 1.165) is 0 Å². The maximum absolute atomic E-state index is 13.4. The highest BCUT2D eigenvalue weighted by Crippen LogP contribution is 2.20. The molecule has 0 spiro atoms. The predicted octanol–water partition coefficient (Wildman–Crippen LogP) is 1.13. The van der Waals surface area contributed by atoms with Crippen LogP contribution in [0.3, 0.4) is 0 Å². The van der Waals surface area contributed by atoms with E-state index in [-0.39, 0.29) is 17.6 Å². The second kappa shape index (κ2) is 4.61. The van der Waals surface area contributed by atoms with Crippen LogP contribution < -0.4 is 5.73 Å². The molecule has 0 bridgehead atoms. The number of carbonyl (C=O) groups excluding carboxylic acids is 1. The Morgan fingerprint density at radius 3 is 2.81 bits per heavy atom. The van der Waals surface area contributed by atoms with Gasteiger partial charge in [0, 0.05) is 25.1 Å². The van der Waals surface area contributed by atoms with Crippen molar-refractivity contribution in [3.63, 3.8) is 0 Å². The fourth-order valence-corrected chi connectivity index (χ4v) is 2.00. The second-order valence-electron chi connectivity index (χ2n) is 4.17. The van der Waals surface area contributed by atoms with Crippen LogP contribution >= 0.6 is 0 Å². The van der Waals surface area contributed by atoms with Gasteiger partial charge in [-0.15, -0.1) is 0 Å². The number of hydrogen-bond acceptors (Lipinski definition) is 2. The Kier molecular flexibility index (Phi) is 3.19. The van der Waals surface area contributed by atoms with Crippen LogP contribution in [0.4, 0.5) is 4.39 Å². The van der Waals surface area contributed by atoms with Gasteiger partial charge in [-0.3, -0.25) is 4.79 Å². The number of likely N-dealkylation sites (tertiary alicyclic amines) is 1. The molecule has 1 amide bonds. The van der Waals surface area contributed by atoms with Gasteiger partial charge >= 0.3 is 0 Å². The second-order valence-corrected chi connectivity index (χ2v) is 4.17. The van der Waals surface area contributed by atoms with Gasteiger partial charge in [-0.1, -0.05) is 18.2 Å². The normalized spacial score (nSPS) is 20.5. The Balaban J connectivity index is 2.06. The Labute approximate surface area is 94.0 Å².